The van der Waals surface area contributed by atoms with Crippen LogP contribution in [0, 0.1) is 10.1 Å². The summed E-state index contributed by atoms with van der Waals surface area (Å²) in [5.74, 6) is 0.222. The summed E-state index contributed by atoms with van der Waals surface area (Å²) in [5.41, 5.74) is -0.0928. The highest BCUT2D eigenvalue weighted by molar-refractivity contribution is 6.29. The van der Waals surface area contributed by atoms with Gasteiger partial charge in [0.2, 0.25) is 5.82 Å². The van der Waals surface area contributed by atoms with Crippen molar-refractivity contribution < 1.29 is 10.0 Å². The molecule has 0 atom stereocenters. The van der Waals surface area contributed by atoms with Gasteiger partial charge >= 0.3 is 5.69 Å². The van der Waals surface area contributed by atoms with Crippen molar-refractivity contribution in [2.75, 3.05) is 18.1 Å². The minimum absolute atomic E-state index is 0.0804. The minimum Gasteiger partial charge on any atom is -0.395 e. The van der Waals surface area contributed by atoms with E-state index in [4.69, 9.17) is 16.7 Å². The minimum atomic E-state index is -0.481. The third-order valence-electron chi connectivity index (χ3n) is 3.01. The van der Waals surface area contributed by atoms with Crippen LogP contribution in [0.1, 0.15) is 26.7 Å². The first kappa shape index (κ1) is 15.7. The molecule has 106 valence electrons. The van der Waals surface area contributed by atoms with Crippen LogP contribution in [0.2, 0.25) is 5.15 Å². The molecule has 0 unspecified atom stereocenters. The predicted octanol–water partition coefficient (Wildman–Crippen LogP) is 2.63. The second kappa shape index (κ2) is 7.25. The Kier molecular flexibility index (Phi) is 5.98. The number of rotatable bonds is 7. The van der Waals surface area contributed by atoms with E-state index in [0.29, 0.717) is 6.54 Å². The number of anilines is 1. The molecule has 0 bridgehead atoms. The number of halogens is 1. The second-order valence-electron chi connectivity index (χ2n) is 4.12. The third-order valence-corrected chi connectivity index (χ3v) is 3.22. The maximum Gasteiger partial charge on any atom is 0.311 e. The van der Waals surface area contributed by atoms with Gasteiger partial charge in [-0.15, -0.1) is 0 Å². The quantitative estimate of drug-likeness (QED) is 0.474. The van der Waals surface area contributed by atoms with E-state index >= 15 is 0 Å². The van der Waals surface area contributed by atoms with Crippen molar-refractivity contribution in [3.63, 3.8) is 0 Å². The molecule has 0 radical (unpaired) electrons. The molecule has 1 aromatic rings. The molecule has 0 spiro atoms. The van der Waals surface area contributed by atoms with Gasteiger partial charge in [0.15, 0.2) is 0 Å². The van der Waals surface area contributed by atoms with Gasteiger partial charge in [0.25, 0.3) is 0 Å². The SMILES string of the molecule is CCC(CC)N(CCO)c1nc(Cl)ccc1[N+](=O)[O-]. The smallest absolute Gasteiger partial charge is 0.311 e. The number of aliphatic hydroxyl groups is 1. The van der Waals surface area contributed by atoms with E-state index in [2.05, 4.69) is 4.98 Å². The lowest BCUT2D eigenvalue weighted by Gasteiger charge is -2.30. The fourth-order valence-corrected chi connectivity index (χ4v) is 2.21. The number of aromatic nitrogens is 1. The van der Waals surface area contributed by atoms with E-state index in [-0.39, 0.29) is 29.3 Å². The molecule has 1 heterocycles. The lowest BCUT2D eigenvalue weighted by atomic mass is 10.1. The molecule has 1 N–H and O–H groups in total. The topological polar surface area (TPSA) is 79.5 Å². The van der Waals surface area contributed by atoms with E-state index in [1.807, 2.05) is 13.8 Å². The van der Waals surface area contributed by atoms with E-state index in [0.717, 1.165) is 12.8 Å². The number of nitro groups is 1. The van der Waals surface area contributed by atoms with Crippen LogP contribution in [-0.2, 0) is 0 Å². The second-order valence-corrected chi connectivity index (χ2v) is 4.51. The van der Waals surface area contributed by atoms with E-state index in [9.17, 15) is 10.1 Å². The molecule has 1 aromatic heterocycles. The van der Waals surface area contributed by atoms with Gasteiger partial charge in [-0.2, -0.15) is 0 Å². The summed E-state index contributed by atoms with van der Waals surface area (Å²) >= 11 is 5.83. The molecule has 0 fully saturated rings. The van der Waals surface area contributed by atoms with Gasteiger partial charge < -0.3 is 10.0 Å². The largest absolute Gasteiger partial charge is 0.395 e. The zero-order valence-electron chi connectivity index (χ0n) is 11.0. The standard InChI is InChI=1S/C12H18ClN3O3/c1-3-9(4-2)15(7-8-17)12-10(16(18)19)5-6-11(13)14-12/h5-6,9,17H,3-4,7-8H2,1-2H3. The summed E-state index contributed by atoms with van der Waals surface area (Å²) in [5, 5.41) is 20.4. The lowest BCUT2D eigenvalue weighted by Crippen LogP contribution is -2.37. The van der Waals surface area contributed by atoms with Crippen molar-refractivity contribution in [3.05, 3.63) is 27.4 Å². The molecule has 0 saturated carbocycles. The van der Waals surface area contributed by atoms with Crippen LogP contribution in [0.3, 0.4) is 0 Å². The van der Waals surface area contributed by atoms with Crippen LogP contribution < -0.4 is 4.90 Å². The Morgan fingerprint density at radius 2 is 2.11 bits per heavy atom. The van der Waals surface area contributed by atoms with Gasteiger partial charge in [0.05, 0.1) is 11.5 Å². The molecule has 0 aliphatic rings. The number of pyridine rings is 1. The number of aliphatic hydroxyl groups excluding tert-OH is 1. The zero-order chi connectivity index (χ0) is 14.4. The molecule has 0 aromatic carbocycles. The molecule has 0 aliphatic carbocycles. The van der Waals surface area contributed by atoms with Crippen molar-refractivity contribution in [1.82, 2.24) is 4.98 Å². The molecule has 0 aliphatic heterocycles. The fraction of sp³-hybridized carbons (Fsp3) is 0.583. The van der Waals surface area contributed by atoms with Crippen LogP contribution in [0.5, 0.6) is 0 Å². The van der Waals surface area contributed by atoms with E-state index in [1.165, 1.54) is 12.1 Å². The fourth-order valence-electron chi connectivity index (χ4n) is 2.07. The first-order chi connectivity index (χ1) is 9.04. The average Bonchev–Trinajstić information content (AvgIpc) is 2.38. The molecular weight excluding hydrogens is 270 g/mol. The van der Waals surface area contributed by atoms with Gasteiger partial charge in [0.1, 0.15) is 5.15 Å². The summed E-state index contributed by atoms with van der Waals surface area (Å²) in [4.78, 5) is 16.4. The van der Waals surface area contributed by atoms with Gasteiger partial charge in [0, 0.05) is 18.7 Å². The Morgan fingerprint density at radius 3 is 2.58 bits per heavy atom. The maximum atomic E-state index is 11.1. The number of hydrogen-bond acceptors (Lipinski definition) is 5. The van der Waals surface area contributed by atoms with Crippen molar-refractivity contribution in [2.24, 2.45) is 0 Å². The first-order valence-corrected chi connectivity index (χ1v) is 6.61. The molecule has 19 heavy (non-hydrogen) atoms. The van der Waals surface area contributed by atoms with Gasteiger partial charge in [-0.05, 0) is 18.9 Å². The van der Waals surface area contributed by atoms with Crippen LogP contribution in [-0.4, -0.2) is 34.2 Å². The predicted molar refractivity (Wildman–Crippen MR) is 74.7 cm³/mol. The molecule has 1 rings (SSSR count). The molecule has 0 saturated heterocycles. The van der Waals surface area contributed by atoms with Crippen LogP contribution in [0.4, 0.5) is 11.5 Å². The van der Waals surface area contributed by atoms with Crippen LogP contribution in [0.15, 0.2) is 12.1 Å². The maximum absolute atomic E-state index is 11.1. The average molecular weight is 288 g/mol. The molecule has 0 amide bonds. The summed E-state index contributed by atoms with van der Waals surface area (Å²) in [6.45, 7) is 4.19. The lowest BCUT2D eigenvalue weighted by molar-refractivity contribution is -0.384. The molecule has 6 nitrogen and oxygen atoms in total. The Hall–Kier alpha value is -1.40. The van der Waals surface area contributed by atoms with E-state index in [1.54, 1.807) is 4.90 Å². The highest BCUT2D eigenvalue weighted by Crippen LogP contribution is 2.30. The van der Waals surface area contributed by atoms with Crippen molar-refractivity contribution in [1.29, 1.82) is 0 Å². The third kappa shape index (κ3) is 3.78. The van der Waals surface area contributed by atoms with E-state index < -0.39 is 4.92 Å². The summed E-state index contributed by atoms with van der Waals surface area (Å²) < 4.78 is 0. The number of nitrogens with zero attached hydrogens (tertiary/aromatic N) is 3. The molecular formula is C12H18ClN3O3. The normalized spacial score (nSPS) is 10.8. The summed E-state index contributed by atoms with van der Waals surface area (Å²) in [6.07, 6.45) is 1.61. The van der Waals surface area contributed by atoms with Crippen molar-refractivity contribution in [2.45, 2.75) is 32.7 Å². The number of hydrogen-bond donors (Lipinski definition) is 1. The highest BCUT2D eigenvalue weighted by Gasteiger charge is 2.25. The summed E-state index contributed by atoms with van der Waals surface area (Å²) in [6, 6.07) is 2.82. The summed E-state index contributed by atoms with van der Waals surface area (Å²) in [7, 11) is 0. The van der Waals surface area contributed by atoms with Gasteiger partial charge in [-0.1, -0.05) is 25.4 Å². The monoisotopic (exact) mass is 287 g/mol. The van der Waals surface area contributed by atoms with Gasteiger partial charge in [-0.3, -0.25) is 10.1 Å². The highest BCUT2D eigenvalue weighted by atomic mass is 35.5. The van der Waals surface area contributed by atoms with Crippen LogP contribution >= 0.6 is 11.6 Å². The molecule has 7 heteroatoms. The Balaban J connectivity index is 3.27. The zero-order valence-corrected chi connectivity index (χ0v) is 11.8. The van der Waals surface area contributed by atoms with Crippen molar-refractivity contribution >= 4 is 23.1 Å². The van der Waals surface area contributed by atoms with Crippen LogP contribution in [0.25, 0.3) is 0 Å². The van der Waals surface area contributed by atoms with Gasteiger partial charge in [-0.25, -0.2) is 4.98 Å². The Bertz CT molecular complexity index is 438. The Labute approximate surface area is 117 Å². The van der Waals surface area contributed by atoms with Crippen molar-refractivity contribution in [3.8, 4) is 0 Å². The Morgan fingerprint density at radius 1 is 1.47 bits per heavy atom. The first-order valence-electron chi connectivity index (χ1n) is 6.23.